The van der Waals surface area contributed by atoms with Crippen LogP contribution in [-0.2, 0) is 6.61 Å². The molecule has 15 nitrogen and oxygen atoms in total. The number of amides is 2. The van der Waals surface area contributed by atoms with Gasteiger partial charge < -0.3 is 36.3 Å². The molecule has 3 heterocycles. The molecule has 2 amide bonds. The van der Waals surface area contributed by atoms with Gasteiger partial charge >= 0.3 is 5.69 Å². The SMILES string of the molecule is Cc1ccc(NC(=O)c2ccc(NC(=O)c3ccc([N+](=O)[O-])c(OCc4ccccc4)n3)c(OCCCN)n2)c(OCCCN)n1. The van der Waals surface area contributed by atoms with Gasteiger partial charge in [-0.25, -0.2) is 15.0 Å². The lowest BCUT2D eigenvalue weighted by Gasteiger charge is -2.14. The highest BCUT2D eigenvalue weighted by atomic mass is 16.6. The molecule has 4 rings (SSSR count). The van der Waals surface area contributed by atoms with E-state index in [9.17, 15) is 19.7 Å². The van der Waals surface area contributed by atoms with Gasteiger partial charge in [-0.15, -0.1) is 0 Å². The number of hydrogen-bond acceptors (Lipinski definition) is 12. The van der Waals surface area contributed by atoms with Crippen molar-refractivity contribution in [3.63, 3.8) is 0 Å². The molecule has 6 N–H and O–H groups in total. The summed E-state index contributed by atoms with van der Waals surface area (Å²) in [5.74, 6) is -1.41. The van der Waals surface area contributed by atoms with Crippen LogP contribution in [0.4, 0.5) is 17.1 Å². The van der Waals surface area contributed by atoms with Crippen LogP contribution >= 0.6 is 0 Å². The van der Waals surface area contributed by atoms with Crippen LogP contribution in [-0.4, -0.2) is 58.0 Å². The molecule has 0 saturated heterocycles. The van der Waals surface area contributed by atoms with E-state index in [4.69, 9.17) is 25.7 Å². The summed E-state index contributed by atoms with van der Waals surface area (Å²) in [4.78, 5) is 50.1. The van der Waals surface area contributed by atoms with Crippen molar-refractivity contribution in [3.05, 3.63) is 99.5 Å². The van der Waals surface area contributed by atoms with E-state index in [1.165, 1.54) is 18.2 Å². The summed E-state index contributed by atoms with van der Waals surface area (Å²) in [5, 5.41) is 17.0. The van der Waals surface area contributed by atoms with E-state index in [0.29, 0.717) is 43.9 Å². The zero-order valence-electron chi connectivity index (χ0n) is 25.1. The van der Waals surface area contributed by atoms with E-state index in [-0.39, 0.29) is 47.9 Å². The molecule has 0 radical (unpaired) electrons. The molecule has 0 spiro atoms. The predicted molar refractivity (Wildman–Crippen MR) is 169 cm³/mol. The first kappa shape index (κ1) is 33.2. The molecular formula is C31H34N8O7. The van der Waals surface area contributed by atoms with Crippen molar-refractivity contribution in [3.8, 4) is 17.6 Å². The van der Waals surface area contributed by atoms with Gasteiger partial charge in [0.15, 0.2) is 0 Å². The van der Waals surface area contributed by atoms with Gasteiger partial charge in [-0.05, 0) is 68.8 Å². The van der Waals surface area contributed by atoms with Crippen molar-refractivity contribution in [2.45, 2.75) is 26.4 Å². The first-order valence-electron chi connectivity index (χ1n) is 14.4. The Morgan fingerprint density at radius 2 is 1.28 bits per heavy atom. The predicted octanol–water partition coefficient (Wildman–Crippen LogP) is 3.63. The summed E-state index contributed by atoms with van der Waals surface area (Å²) in [6, 6.07) is 17.6. The van der Waals surface area contributed by atoms with Gasteiger partial charge in [0.05, 0.1) is 18.1 Å². The maximum Gasteiger partial charge on any atom is 0.331 e. The van der Waals surface area contributed by atoms with Crippen LogP contribution in [0.1, 0.15) is 45.1 Å². The van der Waals surface area contributed by atoms with E-state index < -0.39 is 22.4 Å². The van der Waals surface area contributed by atoms with E-state index in [1.54, 1.807) is 43.3 Å². The summed E-state index contributed by atoms with van der Waals surface area (Å²) in [7, 11) is 0. The lowest BCUT2D eigenvalue weighted by molar-refractivity contribution is -0.386. The number of nitro groups is 1. The van der Waals surface area contributed by atoms with E-state index in [1.807, 2.05) is 6.07 Å². The number of rotatable bonds is 16. The molecule has 0 aliphatic rings. The van der Waals surface area contributed by atoms with Crippen molar-refractivity contribution >= 4 is 28.9 Å². The molecule has 0 saturated carbocycles. The number of carbonyl (C=O) groups is 2. The van der Waals surface area contributed by atoms with Crippen molar-refractivity contribution in [2.24, 2.45) is 11.5 Å². The van der Waals surface area contributed by atoms with Crippen LogP contribution in [0.15, 0.2) is 66.7 Å². The van der Waals surface area contributed by atoms with E-state index in [0.717, 1.165) is 11.6 Å². The normalized spacial score (nSPS) is 10.6. The fourth-order valence-electron chi connectivity index (χ4n) is 3.92. The average molecular weight is 631 g/mol. The number of aryl methyl sites for hydroxylation is 1. The van der Waals surface area contributed by atoms with Crippen molar-refractivity contribution in [1.29, 1.82) is 0 Å². The molecule has 0 bridgehead atoms. The second kappa shape index (κ2) is 16.4. The third-order valence-corrected chi connectivity index (χ3v) is 6.25. The standard InChI is InChI=1S/C31H34N8O7/c1-20-9-10-24(29(34-20)44-17-5-15-32)35-27(40)22-11-12-25(30(37-22)45-18-6-16-33)36-28(41)23-13-14-26(39(42)43)31(38-23)46-19-21-7-3-2-4-8-21/h2-4,7-14H,5-6,15-19,32-33H2,1H3,(H,35,40)(H,36,41). The molecule has 46 heavy (non-hydrogen) atoms. The molecule has 15 heteroatoms. The molecule has 0 aliphatic carbocycles. The number of aromatic nitrogens is 3. The van der Waals surface area contributed by atoms with Crippen LogP contribution in [0, 0.1) is 17.0 Å². The average Bonchev–Trinajstić information content (AvgIpc) is 3.06. The van der Waals surface area contributed by atoms with E-state index in [2.05, 4.69) is 25.6 Å². The van der Waals surface area contributed by atoms with Gasteiger partial charge in [-0.2, -0.15) is 0 Å². The molecule has 0 fully saturated rings. The molecule has 3 aromatic heterocycles. The zero-order valence-corrected chi connectivity index (χ0v) is 25.1. The largest absolute Gasteiger partial charge is 0.476 e. The van der Waals surface area contributed by atoms with Crippen LogP contribution < -0.4 is 36.3 Å². The number of carbonyl (C=O) groups excluding carboxylic acids is 2. The lowest BCUT2D eigenvalue weighted by atomic mass is 10.2. The van der Waals surface area contributed by atoms with Gasteiger partial charge in [-0.3, -0.25) is 19.7 Å². The zero-order chi connectivity index (χ0) is 32.9. The Bertz CT molecular complexity index is 1670. The minimum Gasteiger partial charge on any atom is -0.476 e. The van der Waals surface area contributed by atoms with Gasteiger partial charge in [-0.1, -0.05) is 30.3 Å². The highest BCUT2D eigenvalue weighted by Gasteiger charge is 2.22. The second-order valence-electron chi connectivity index (χ2n) is 9.80. The smallest absolute Gasteiger partial charge is 0.331 e. The van der Waals surface area contributed by atoms with Gasteiger partial charge in [0.1, 0.15) is 29.4 Å². The third kappa shape index (κ3) is 9.17. The lowest BCUT2D eigenvalue weighted by Crippen LogP contribution is -2.19. The monoisotopic (exact) mass is 630 g/mol. The molecule has 0 aliphatic heterocycles. The second-order valence-corrected chi connectivity index (χ2v) is 9.80. The fraction of sp³-hybridized carbons (Fsp3) is 0.258. The number of nitrogens with two attached hydrogens (primary N) is 2. The van der Waals surface area contributed by atoms with Crippen LogP contribution in [0.25, 0.3) is 0 Å². The Kier molecular flexibility index (Phi) is 11.9. The summed E-state index contributed by atoms with van der Waals surface area (Å²) in [6.45, 7) is 3.07. The molecule has 0 unspecified atom stereocenters. The Morgan fingerprint density at radius 1 is 0.739 bits per heavy atom. The summed E-state index contributed by atoms with van der Waals surface area (Å²) in [6.07, 6.45) is 1.09. The quantitative estimate of drug-likeness (QED) is 0.0792. The van der Waals surface area contributed by atoms with Crippen molar-refractivity contribution < 1.29 is 28.7 Å². The molecular weight excluding hydrogens is 596 g/mol. The molecule has 1 aromatic carbocycles. The summed E-state index contributed by atoms with van der Waals surface area (Å²) >= 11 is 0. The topological polar surface area (TPSA) is 220 Å². The molecule has 240 valence electrons. The van der Waals surface area contributed by atoms with Crippen LogP contribution in [0.2, 0.25) is 0 Å². The maximum atomic E-state index is 13.2. The number of hydrogen-bond donors (Lipinski definition) is 4. The number of nitrogens with zero attached hydrogens (tertiary/aromatic N) is 4. The third-order valence-electron chi connectivity index (χ3n) is 6.25. The van der Waals surface area contributed by atoms with Crippen molar-refractivity contribution in [2.75, 3.05) is 36.9 Å². The fourth-order valence-corrected chi connectivity index (χ4v) is 3.92. The Balaban J connectivity index is 1.54. The summed E-state index contributed by atoms with van der Waals surface area (Å²) in [5.41, 5.74) is 12.5. The number of pyridine rings is 3. The Labute approximate surface area is 264 Å². The van der Waals surface area contributed by atoms with Crippen molar-refractivity contribution in [1.82, 2.24) is 15.0 Å². The van der Waals surface area contributed by atoms with Gasteiger partial charge in [0, 0.05) is 11.8 Å². The summed E-state index contributed by atoms with van der Waals surface area (Å²) < 4.78 is 17.0. The van der Waals surface area contributed by atoms with Crippen LogP contribution in [0.3, 0.4) is 0 Å². The maximum absolute atomic E-state index is 13.2. The van der Waals surface area contributed by atoms with E-state index >= 15 is 0 Å². The molecule has 0 atom stereocenters. The number of nitrogens with one attached hydrogen (secondary N) is 2. The first-order valence-corrected chi connectivity index (χ1v) is 14.4. The van der Waals surface area contributed by atoms with Gasteiger partial charge in [0.25, 0.3) is 17.7 Å². The minimum absolute atomic E-state index is 0.00625. The van der Waals surface area contributed by atoms with Gasteiger partial charge in [0.2, 0.25) is 11.8 Å². The minimum atomic E-state index is -0.716. The van der Waals surface area contributed by atoms with Crippen LogP contribution in [0.5, 0.6) is 17.6 Å². The first-order chi connectivity index (χ1) is 22.3. The number of anilines is 2. The number of ether oxygens (including phenoxy) is 3. The molecule has 4 aromatic rings. The number of benzene rings is 1. The Morgan fingerprint density at radius 3 is 1.87 bits per heavy atom. The highest BCUT2D eigenvalue weighted by Crippen LogP contribution is 2.28. The highest BCUT2D eigenvalue weighted by molar-refractivity contribution is 6.05. The Hall–Kier alpha value is -5.67.